The van der Waals surface area contributed by atoms with Crippen molar-refractivity contribution in [1.82, 2.24) is 5.43 Å². The third kappa shape index (κ3) is 4.03. The normalized spacial score (nSPS) is 17.2. The Bertz CT molecular complexity index is 459. The van der Waals surface area contributed by atoms with Gasteiger partial charge in [-0.25, -0.2) is 0 Å². The minimum absolute atomic E-state index is 0.193. The molecule has 0 aromatic heterocycles. The first kappa shape index (κ1) is 14.0. The Hall–Kier alpha value is -1.42. The van der Waals surface area contributed by atoms with E-state index in [-0.39, 0.29) is 5.11 Å². The molecular formula is C15H21N3S. The average molecular weight is 275 g/mol. The number of rotatable bonds is 3. The molecule has 4 heteroatoms. The fraction of sp³-hybridized carbons (Fsp3) is 0.467. The summed E-state index contributed by atoms with van der Waals surface area (Å²) in [5, 5.41) is 4.33. The van der Waals surface area contributed by atoms with E-state index in [2.05, 4.69) is 34.8 Å². The number of hydrogen-bond acceptors (Lipinski definition) is 2. The Morgan fingerprint density at radius 3 is 2.42 bits per heavy atom. The summed E-state index contributed by atoms with van der Waals surface area (Å²) in [7, 11) is 0. The van der Waals surface area contributed by atoms with Gasteiger partial charge in [0.15, 0.2) is 5.11 Å². The molecule has 3 nitrogen and oxygen atoms in total. The van der Waals surface area contributed by atoms with Crippen molar-refractivity contribution in [2.24, 2.45) is 10.8 Å². The molecule has 0 saturated heterocycles. The average Bonchev–Trinajstić information content (AvgIpc) is 2.46. The fourth-order valence-electron chi connectivity index (χ4n) is 2.64. The van der Waals surface area contributed by atoms with Crippen molar-refractivity contribution in [3.63, 3.8) is 0 Å². The monoisotopic (exact) mass is 275 g/mol. The summed E-state index contributed by atoms with van der Waals surface area (Å²) in [6, 6.07) is 8.71. The Labute approximate surface area is 120 Å². The molecule has 0 bridgehead atoms. The number of benzene rings is 1. The van der Waals surface area contributed by atoms with Crippen molar-refractivity contribution in [3.05, 3.63) is 35.4 Å². The van der Waals surface area contributed by atoms with Crippen molar-refractivity contribution in [1.29, 1.82) is 0 Å². The first-order valence-electron chi connectivity index (χ1n) is 6.87. The summed E-state index contributed by atoms with van der Waals surface area (Å²) < 4.78 is 0. The second-order valence-corrected chi connectivity index (χ2v) is 5.57. The number of nitrogens with two attached hydrogens (primary N) is 1. The smallest absolute Gasteiger partial charge is 0.184 e. The van der Waals surface area contributed by atoms with Gasteiger partial charge >= 0.3 is 0 Å². The van der Waals surface area contributed by atoms with E-state index in [1.54, 1.807) is 0 Å². The van der Waals surface area contributed by atoms with E-state index < -0.39 is 0 Å². The lowest BCUT2D eigenvalue weighted by Gasteiger charge is -2.22. The molecule has 0 aliphatic heterocycles. The topological polar surface area (TPSA) is 50.4 Å². The van der Waals surface area contributed by atoms with Gasteiger partial charge in [-0.1, -0.05) is 43.5 Å². The van der Waals surface area contributed by atoms with E-state index in [9.17, 15) is 0 Å². The summed E-state index contributed by atoms with van der Waals surface area (Å²) in [6.45, 7) is 1.95. The van der Waals surface area contributed by atoms with Crippen LogP contribution in [-0.4, -0.2) is 10.8 Å². The lowest BCUT2D eigenvalue weighted by Crippen LogP contribution is -2.25. The molecule has 102 valence electrons. The molecule has 2 rings (SSSR count). The van der Waals surface area contributed by atoms with Crippen LogP contribution in [0.1, 0.15) is 56.1 Å². The summed E-state index contributed by atoms with van der Waals surface area (Å²) in [6.07, 6.45) is 6.78. The second kappa shape index (κ2) is 6.66. The first-order valence-corrected chi connectivity index (χ1v) is 7.27. The molecule has 0 radical (unpaired) electrons. The fourth-order valence-corrected chi connectivity index (χ4v) is 2.68. The first-order chi connectivity index (χ1) is 9.16. The molecule has 0 unspecified atom stereocenters. The highest BCUT2D eigenvalue weighted by Gasteiger charge is 2.15. The predicted octanol–water partition coefficient (Wildman–Crippen LogP) is 3.29. The largest absolute Gasteiger partial charge is 0.375 e. The quantitative estimate of drug-likeness (QED) is 0.505. The summed E-state index contributed by atoms with van der Waals surface area (Å²) >= 11 is 4.73. The third-order valence-corrected chi connectivity index (χ3v) is 3.83. The molecule has 0 atom stereocenters. The minimum atomic E-state index is 0.193. The molecule has 1 aliphatic rings. The third-order valence-electron chi connectivity index (χ3n) is 3.74. The van der Waals surface area contributed by atoms with Crippen LogP contribution in [0.15, 0.2) is 29.4 Å². The van der Waals surface area contributed by atoms with Crippen LogP contribution >= 0.6 is 12.2 Å². The van der Waals surface area contributed by atoms with Crippen LogP contribution in [0.3, 0.4) is 0 Å². The van der Waals surface area contributed by atoms with Crippen molar-refractivity contribution < 1.29 is 0 Å². The van der Waals surface area contributed by atoms with Gasteiger partial charge in [-0.2, -0.15) is 5.10 Å². The number of thiocarbonyl (C=S) groups is 1. The zero-order chi connectivity index (χ0) is 13.7. The van der Waals surface area contributed by atoms with E-state index in [1.165, 1.54) is 37.7 Å². The standard InChI is InChI=1S/C15H21N3S/c1-11(17-18-15(16)19)12-7-9-14(10-8-12)13-5-3-2-4-6-13/h7-10,13H,2-6H2,1H3,(H3,16,18,19). The molecule has 3 N–H and O–H groups in total. The van der Waals surface area contributed by atoms with Crippen LogP contribution in [-0.2, 0) is 0 Å². The van der Waals surface area contributed by atoms with Gasteiger partial charge in [0.25, 0.3) is 0 Å². The molecule has 0 spiro atoms. The van der Waals surface area contributed by atoms with Crippen LogP contribution in [0.2, 0.25) is 0 Å². The van der Waals surface area contributed by atoms with Gasteiger partial charge in [0.2, 0.25) is 0 Å². The Morgan fingerprint density at radius 1 is 1.21 bits per heavy atom. The van der Waals surface area contributed by atoms with E-state index >= 15 is 0 Å². The van der Waals surface area contributed by atoms with Gasteiger partial charge in [-0.3, -0.25) is 5.43 Å². The lowest BCUT2D eigenvalue weighted by molar-refractivity contribution is 0.443. The molecule has 1 saturated carbocycles. The maximum absolute atomic E-state index is 5.35. The Balaban J connectivity index is 2.05. The molecular weight excluding hydrogens is 254 g/mol. The molecule has 1 aromatic rings. The van der Waals surface area contributed by atoms with Crippen molar-refractivity contribution >= 4 is 23.0 Å². The van der Waals surface area contributed by atoms with Gasteiger partial charge in [-0.15, -0.1) is 0 Å². The summed E-state index contributed by atoms with van der Waals surface area (Å²) in [4.78, 5) is 0. The minimum Gasteiger partial charge on any atom is -0.375 e. The number of nitrogens with zero attached hydrogens (tertiary/aromatic N) is 1. The zero-order valence-electron chi connectivity index (χ0n) is 11.4. The highest BCUT2D eigenvalue weighted by molar-refractivity contribution is 7.80. The van der Waals surface area contributed by atoms with Crippen LogP contribution in [0, 0.1) is 0 Å². The van der Waals surface area contributed by atoms with Crippen LogP contribution in [0.25, 0.3) is 0 Å². The molecule has 19 heavy (non-hydrogen) atoms. The van der Waals surface area contributed by atoms with Crippen LogP contribution < -0.4 is 11.2 Å². The molecule has 1 fully saturated rings. The molecule has 0 amide bonds. The van der Waals surface area contributed by atoms with Gasteiger partial charge in [0.05, 0.1) is 5.71 Å². The van der Waals surface area contributed by atoms with Crippen molar-refractivity contribution in [3.8, 4) is 0 Å². The second-order valence-electron chi connectivity index (χ2n) is 5.13. The van der Waals surface area contributed by atoms with E-state index in [0.717, 1.165) is 17.2 Å². The summed E-state index contributed by atoms with van der Waals surface area (Å²) in [5.41, 5.74) is 11.4. The Morgan fingerprint density at radius 2 is 1.84 bits per heavy atom. The van der Waals surface area contributed by atoms with Gasteiger partial charge in [-0.05, 0) is 49.0 Å². The molecule has 1 aliphatic carbocycles. The molecule has 1 aromatic carbocycles. The van der Waals surface area contributed by atoms with Crippen LogP contribution in [0.5, 0.6) is 0 Å². The predicted molar refractivity (Wildman–Crippen MR) is 84.4 cm³/mol. The van der Waals surface area contributed by atoms with Gasteiger partial charge < -0.3 is 5.73 Å². The number of hydrazone groups is 1. The maximum Gasteiger partial charge on any atom is 0.184 e. The van der Waals surface area contributed by atoms with Crippen molar-refractivity contribution in [2.75, 3.05) is 0 Å². The van der Waals surface area contributed by atoms with E-state index in [4.69, 9.17) is 18.0 Å². The van der Waals surface area contributed by atoms with E-state index in [0.29, 0.717) is 0 Å². The number of hydrogen-bond donors (Lipinski definition) is 2. The summed E-state index contributed by atoms with van der Waals surface area (Å²) in [5.74, 6) is 0.745. The van der Waals surface area contributed by atoms with Gasteiger partial charge in [0, 0.05) is 0 Å². The lowest BCUT2D eigenvalue weighted by atomic mass is 9.84. The van der Waals surface area contributed by atoms with Crippen molar-refractivity contribution in [2.45, 2.75) is 44.9 Å². The van der Waals surface area contributed by atoms with Gasteiger partial charge in [0.1, 0.15) is 0 Å². The highest BCUT2D eigenvalue weighted by Crippen LogP contribution is 2.32. The Kier molecular flexibility index (Phi) is 4.91. The SMILES string of the molecule is CC(=NNC(N)=S)c1ccc(C2CCCCC2)cc1. The number of nitrogens with one attached hydrogen (secondary N) is 1. The maximum atomic E-state index is 5.35. The van der Waals surface area contributed by atoms with Crippen LogP contribution in [0.4, 0.5) is 0 Å². The van der Waals surface area contributed by atoms with E-state index in [1.807, 2.05) is 6.92 Å². The highest BCUT2D eigenvalue weighted by atomic mass is 32.1. The molecule has 0 heterocycles. The zero-order valence-corrected chi connectivity index (χ0v) is 12.2.